The lowest BCUT2D eigenvalue weighted by Gasteiger charge is -2.10. The molecule has 0 saturated carbocycles. The number of aromatic nitrogens is 3. The molecule has 0 unspecified atom stereocenters. The van der Waals surface area contributed by atoms with Crippen LogP contribution in [0.4, 0.5) is 11.6 Å². The zero-order chi connectivity index (χ0) is 21.6. The Bertz CT molecular complexity index is 1310. The minimum atomic E-state index is 0.537. The van der Waals surface area contributed by atoms with E-state index in [0.29, 0.717) is 12.6 Å². The number of anilines is 2. The van der Waals surface area contributed by atoms with Gasteiger partial charge in [0.25, 0.3) is 0 Å². The minimum Gasteiger partial charge on any atom is -0.489 e. The Morgan fingerprint density at radius 1 is 0.781 bits per heavy atom. The van der Waals surface area contributed by atoms with Gasteiger partial charge in [-0.1, -0.05) is 54.6 Å². The molecule has 0 saturated heterocycles. The van der Waals surface area contributed by atoms with Crippen molar-refractivity contribution in [2.75, 3.05) is 5.32 Å². The van der Waals surface area contributed by atoms with Gasteiger partial charge >= 0.3 is 0 Å². The Labute approximate surface area is 190 Å². The molecule has 0 aliphatic rings. The molecule has 0 spiro atoms. The van der Waals surface area contributed by atoms with Crippen molar-refractivity contribution in [2.45, 2.75) is 6.61 Å². The SMILES string of the molecule is c1ccc(COc2cccc(-c3cccc(Nc4nccc(-c5nccs5)n4)c3)c2)cc1. The number of hydrogen-bond acceptors (Lipinski definition) is 6. The molecular formula is C26H20N4OS. The molecule has 0 radical (unpaired) electrons. The van der Waals surface area contributed by atoms with Gasteiger partial charge in [-0.25, -0.2) is 15.0 Å². The molecule has 6 heteroatoms. The molecular weight excluding hydrogens is 416 g/mol. The molecule has 156 valence electrons. The molecule has 0 aliphatic heterocycles. The van der Waals surface area contributed by atoms with Gasteiger partial charge in [-0.15, -0.1) is 11.3 Å². The summed E-state index contributed by atoms with van der Waals surface area (Å²) in [6.07, 6.45) is 3.51. The first-order valence-corrected chi connectivity index (χ1v) is 11.1. The van der Waals surface area contributed by atoms with Crippen LogP contribution in [0.15, 0.2) is 103 Å². The van der Waals surface area contributed by atoms with Gasteiger partial charge in [-0.05, 0) is 47.0 Å². The predicted molar refractivity (Wildman–Crippen MR) is 129 cm³/mol. The van der Waals surface area contributed by atoms with Crippen molar-refractivity contribution in [2.24, 2.45) is 0 Å². The van der Waals surface area contributed by atoms with Crippen LogP contribution >= 0.6 is 11.3 Å². The summed E-state index contributed by atoms with van der Waals surface area (Å²) in [5.41, 5.74) is 5.02. The summed E-state index contributed by atoms with van der Waals surface area (Å²) >= 11 is 1.55. The van der Waals surface area contributed by atoms with E-state index in [9.17, 15) is 0 Å². The normalized spacial score (nSPS) is 10.6. The lowest BCUT2D eigenvalue weighted by atomic mass is 10.0. The van der Waals surface area contributed by atoms with Gasteiger partial charge < -0.3 is 10.1 Å². The van der Waals surface area contributed by atoms with Crippen LogP contribution < -0.4 is 10.1 Å². The van der Waals surface area contributed by atoms with Crippen molar-refractivity contribution < 1.29 is 4.74 Å². The van der Waals surface area contributed by atoms with Crippen LogP contribution in [0.5, 0.6) is 5.75 Å². The number of nitrogens with zero attached hydrogens (tertiary/aromatic N) is 3. The van der Waals surface area contributed by atoms with Crippen LogP contribution in [-0.2, 0) is 6.61 Å². The largest absolute Gasteiger partial charge is 0.489 e. The second-order valence-electron chi connectivity index (χ2n) is 7.11. The number of ether oxygens (including phenoxy) is 1. The predicted octanol–water partition coefficient (Wildman–Crippen LogP) is 6.59. The van der Waals surface area contributed by atoms with Crippen molar-refractivity contribution >= 4 is 23.0 Å². The van der Waals surface area contributed by atoms with Crippen molar-refractivity contribution in [1.82, 2.24) is 15.0 Å². The highest BCUT2D eigenvalue weighted by Crippen LogP contribution is 2.28. The average molecular weight is 437 g/mol. The topological polar surface area (TPSA) is 59.9 Å². The van der Waals surface area contributed by atoms with E-state index in [1.54, 1.807) is 23.7 Å². The van der Waals surface area contributed by atoms with Crippen LogP contribution in [-0.4, -0.2) is 15.0 Å². The molecule has 1 N–H and O–H groups in total. The van der Waals surface area contributed by atoms with E-state index in [-0.39, 0.29) is 0 Å². The van der Waals surface area contributed by atoms with Crippen LogP contribution in [0.3, 0.4) is 0 Å². The smallest absolute Gasteiger partial charge is 0.227 e. The Morgan fingerprint density at radius 3 is 2.47 bits per heavy atom. The number of thiazole rings is 1. The Balaban J connectivity index is 1.33. The van der Waals surface area contributed by atoms with Crippen molar-refractivity contribution in [3.8, 4) is 27.6 Å². The zero-order valence-electron chi connectivity index (χ0n) is 17.2. The summed E-state index contributed by atoms with van der Waals surface area (Å²) in [4.78, 5) is 13.3. The van der Waals surface area contributed by atoms with Crippen LogP contribution in [0.1, 0.15) is 5.56 Å². The van der Waals surface area contributed by atoms with Gasteiger partial charge in [-0.2, -0.15) is 0 Å². The molecule has 0 bridgehead atoms. The second-order valence-corrected chi connectivity index (χ2v) is 8.01. The third-order valence-electron chi connectivity index (χ3n) is 4.84. The number of benzene rings is 3. The molecule has 0 amide bonds. The first kappa shape index (κ1) is 19.9. The molecule has 3 aromatic carbocycles. The van der Waals surface area contributed by atoms with Crippen molar-refractivity contribution in [3.63, 3.8) is 0 Å². The van der Waals surface area contributed by atoms with Crippen molar-refractivity contribution in [1.29, 1.82) is 0 Å². The fraction of sp³-hybridized carbons (Fsp3) is 0.0385. The minimum absolute atomic E-state index is 0.537. The van der Waals surface area contributed by atoms with Gasteiger partial charge in [0.1, 0.15) is 23.1 Å². The Morgan fingerprint density at radius 2 is 1.62 bits per heavy atom. The third-order valence-corrected chi connectivity index (χ3v) is 5.64. The average Bonchev–Trinajstić information content (AvgIpc) is 3.39. The van der Waals surface area contributed by atoms with Gasteiger partial charge in [0, 0.05) is 23.5 Å². The molecule has 0 aliphatic carbocycles. The summed E-state index contributed by atoms with van der Waals surface area (Å²) in [6, 6.07) is 28.3. The first-order valence-electron chi connectivity index (χ1n) is 10.2. The highest BCUT2D eigenvalue weighted by atomic mass is 32.1. The van der Waals surface area contributed by atoms with Gasteiger partial charge in [-0.3, -0.25) is 0 Å². The standard InChI is InChI=1S/C26H20N4OS/c1-2-6-19(7-3-1)18-31-23-11-5-9-21(17-23)20-8-4-10-22(16-20)29-26-28-13-12-24(30-26)25-27-14-15-32-25/h1-17H,18H2,(H,28,29,30). The number of nitrogens with one attached hydrogen (secondary N) is 1. The fourth-order valence-corrected chi connectivity index (χ4v) is 3.91. The zero-order valence-corrected chi connectivity index (χ0v) is 18.0. The maximum Gasteiger partial charge on any atom is 0.227 e. The van der Waals surface area contributed by atoms with E-state index in [0.717, 1.165) is 38.8 Å². The monoisotopic (exact) mass is 436 g/mol. The van der Waals surface area contributed by atoms with E-state index in [1.807, 2.05) is 53.9 Å². The third kappa shape index (κ3) is 4.82. The second kappa shape index (κ2) is 9.41. The summed E-state index contributed by atoms with van der Waals surface area (Å²) in [5, 5.41) is 6.11. The molecule has 0 atom stereocenters. The molecule has 5 aromatic rings. The molecule has 5 rings (SSSR count). The lowest BCUT2D eigenvalue weighted by Crippen LogP contribution is -1.98. The van der Waals surface area contributed by atoms with E-state index in [2.05, 4.69) is 56.7 Å². The van der Waals surface area contributed by atoms with E-state index < -0.39 is 0 Å². The van der Waals surface area contributed by atoms with Crippen LogP contribution in [0.2, 0.25) is 0 Å². The number of hydrogen-bond donors (Lipinski definition) is 1. The molecule has 2 heterocycles. The van der Waals surface area contributed by atoms with E-state index >= 15 is 0 Å². The lowest BCUT2D eigenvalue weighted by molar-refractivity contribution is 0.306. The highest BCUT2D eigenvalue weighted by molar-refractivity contribution is 7.13. The maximum absolute atomic E-state index is 5.99. The van der Waals surface area contributed by atoms with Crippen molar-refractivity contribution in [3.05, 3.63) is 108 Å². The molecule has 5 nitrogen and oxygen atoms in total. The fourth-order valence-electron chi connectivity index (χ4n) is 3.30. The summed E-state index contributed by atoms with van der Waals surface area (Å²) in [5.74, 6) is 1.37. The van der Waals surface area contributed by atoms with Gasteiger partial charge in [0.15, 0.2) is 0 Å². The Hall–Kier alpha value is -4.03. The van der Waals surface area contributed by atoms with E-state index in [4.69, 9.17) is 4.74 Å². The maximum atomic E-state index is 5.99. The Kier molecular flexibility index (Phi) is 5.85. The summed E-state index contributed by atoms with van der Waals surface area (Å²) in [7, 11) is 0. The van der Waals surface area contributed by atoms with Gasteiger partial charge in [0.2, 0.25) is 5.95 Å². The molecule has 2 aromatic heterocycles. The van der Waals surface area contributed by atoms with Crippen LogP contribution in [0, 0.1) is 0 Å². The highest BCUT2D eigenvalue weighted by Gasteiger charge is 2.06. The first-order chi connectivity index (χ1) is 15.8. The van der Waals surface area contributed by atoms with Gasteiger partial charge in [0.05, 0.1) is 0 Å². The van der Waals surface area contributed by atoms with Crippen LogP contribution in [0.25, 0.3) is 21.8 Å². The molecule has 0 fully saturated rings. The number of rotatable bonds is 7. The summed E-state index contributed by atoms with van der Waals surface area (Å²) < 4.78 is 5.99. The van der Waals surface area contributed by atoms with E-state index in [1.165, 1.54) is 0 Å². The molecule has 32 heavy (non-hydrogen) atoms. The quantitative estimate of drug-likeness (QED) is 0.312. The summed E-state index contributed by atoms with van der Waals surface area (Å²) in [6.45, 7) is 0.540.